The molecule has 3 rings (SSSR count). The molecule has 0 fully saturated rings. The predicted octanol–water partition coefficient (Wildman–Crippen LogP) is -4.61. The van der Waals surface area contributed by atoms with Gasteiger partial charge in [0.25, 0.3) is 0 Å². The van der Waals surface area contributed by atoms with E-state index < -0.39 is 7.82 Å². The fraction of sp³-hybridized carbons (Fsp3) is 0.222. The van der Waals surface area contributed by atoms with Crippen LogP contribution in [0.5, 0.6) is 28.7 Å². The molecule has 0 radical (unpaired) electrons. The number of H-pyrrole nitrogens is 1. The first kappa shape index (κ1) is 28.8. The molecular weight excluding hydrogens is 463 g/mol. The van der Waals surface area contributed by atoms with Crippen LogP contribution in [0, 0.1) is 0 Å². The van der Waals surface area contributed by atoms with Crippen LogP contribution < -0.4 is 92.4 Å². The van der Waals surface area contributed by atoms with Gasteiger partial charge in [0.1, 0.15) is 19.2 Å². The predicted molar refractivity (Wildman–Crippen MR) is 102 cm³/mol. The van der Waals surface area contributed by atoms with E-state index in [0.29, 0.717) is 39.8 Å². The number of methoxy groups -OCH3 is 4. The number of aromatic amines is 1. The number of aromatic nitrogens is 3. The minimum absolute atomic E-state index is 0. The van der Waals surface area contributed by atoms with Gasteiger partial charge in [-0.3, -0.25) is 0 Å². The van der Waals surface area contributed by atoms with Gasteiger partial charge in [0.2, 0.25) is 5.75 Å². The SMILES string of the molecule is COc1ccc(-c2n[nH]nc2-c2cc(OC)c(OC)c(OC)c2)cc1OP(=O)([O-])[O-].[Na+].[Na+]. The van der Waals surface area contributed by atoms with E-state index >= 15 is 0 Å². The first-order chi connectivity index (χ1) is 14.3. The average molecular weight is 481 g/mol. The number of phosphoric ester groups is 1. The molecule has 160 valence electrons. The maximum absolute atomic E-state index is 11.1. The summed E-state index contributed by atoms with van der Waals surface area (Å²) in [5.74, 6) is 1.05. The molecule has 0 aliphatic heterocycles. The van der Waals surface area contributed by atoms with Gasteiger partial charge in [0.05, 0.1) is 28.4 Å². The second-order valence-electron chi connectivity index (χ2n) is 5.84. The fourth-order valence-electron chi connectivity index (χ4n) is 2.87. The summed E-state index contributed by atoms with van der Waals surface area (Å²) in [6.45, 7) is 0. The van der Waals surface area contributed by atoms with Crippen molar-refractivity contribution < 1.29 is 96.9 Å². The summed E-state index contributed by atoms with van der Waals surface area (Å²) in [7, 11) is 0.491. The Morgan fingerprint density at radius 1 is 0.750 bits per heavy atom. The van der Waals surface area contributed by atoms with Gasteiger partial charge in [0.15, 0.2) is 23.0 Å². The summed E-state index contributed by atoms with van der Waals surface area (Å²) in [6, 6.07) is 7.76. The van der Waals surface area contributed by atoms with E-state index in [1.54, 1.807) is 18.2 Å². The van der Waals surface area contributed by atoms with Crippen LogP contribution in [-0.4, -0.2) is 43.8 Å². The third-order valence-electron chi connectivity index (χ3n) is 4.13. The Morgan fingerprint density at radius 3 is 1.72 bits per heavy atom. The van der Waals surface area contributed by atoms with Gasteiger partial charge in [-0.2, -0.15) is 15.4 Å². The third kappa shape index (κ3) is 6.40. The Morgan fingerprint density at radius 2 is 1.25 bits per heavy atom. The van der Waals surface area contributed by atoms with Crippen molar-refractivity contribution in [1.82, 2.24) is 15.4 Å². The van der Waals surface area contributed by atoms with Crippen molar-refractivity contribution in [1.29, 1.82) is 0 Å². The number of ether oxygens (including phenoxy) is 4. The number of hydrogen-bond donors (Lipinski definition) is 1. The summed E-state index contributed by atoms with van der Waals surface area (Å²) in [6.07, 6.45) is 0. The normalized spacial score (nSPS) is 10.4. The van der Waals surface area contributed by atoms with Crippen LogP contribution in [-0.2, 0) is 4.57 Å². The smallest absolute Gasteiger partial charge is 0.780 e. The van der Waals surface area contributed by atoms with Crippen molar-refractivity contribution >= 4 is 7.82 Å². The summed E-state index contributed by atoms with van der Waals surface area (Å²) < 4.78 is 36.7. The van der Waals surface area contributed by atoms with Gasteiger partial charge in [-0.15, -0.1) is 0 Å². The van der Waals surface area contributed by atoms with Crippen molar-refractivity contribution in [2.75, 3.05) is 28.4 Å². The zero-order valence-electron chi connectivity index (χ0n) is 18.5. The first-order valence-electron chi connectivity index (χ1n) is 8.42. The molecule has 0 unspecified atom stereocenters. The number of hydrogen-bond acceptors (Lipinski definition) is 10. The van der Waals surface area contributed by atoms with E-state index in [1.165, 1.54) is 40.6 Å². The zero-order chi connectivity index (χ0) is 21.9. The number of phosphoric acid groups is 1. The fourth-order valence-corrected chi connectivity index (χ4v) is 3.25. The molecule has 14 heteroatoms. The molecule has 0 saturated heterocycles. The van der Waals surface area contributed by atoms with E-state index in [9.17, 15) is 14.4 Å². The van der Waals surface area contributed by atoms with Gasteiger partial charge >= 0.3 is 59.1 Å². The monoisotopic (exact) mass is 481 g/mol. The van der Waals surface area contributed by atoms with Gasteiger partial charge in [-0.05, 0) is 30.3 Å². The van der Waals surface area contributed by atoms with Crippen LogP contribution in [0.25, 0.3) is 22.5 Å². The molecule has 1 aromatic heterocycles. The molecule has 0 bridgehead atoms. The summed E-state index contributed by atoms with van der Waals surface area (Å²) in [4.78, 5) is 22.2. The summed E-state index contributed by atoms with van der Waals surface area (Å²) in [5, 5.41) is 10.8. The molecule has 0 atom stereocenters. The van der Waals surface area contributed by atoms with Crippen molar-refractivity contribution in [3.63, 3.8) is 0 Å². The molecule has 0 spiro atoms. The molecule has 0 amide bonds. The van der Waals surface area contributed by atoms with Crippen LogP contribution >= 0.6 is 7.82 Å². The van der Waals surface area contributed by atoms with Crippen LogP contribution in [0.1, 0.15) is 0 Å². The standard InChI is InChI=1S/C18H20N3O8P.2Na/c1-25-12-6-5-10(7-13(12)29-30(22,23)24)16-17(20-21-19-16)11-8-14(26-2)18(28-4)15(9-11)27-3;;/h5-9H,1-4H3,(H,19,20,21)(H2,22,23,24);;/q;2*+1/p-2. The minimum Gasteiger partial charge on any atom is -0.780 e. The summed E-state index contributed by atoms with van der Waals surface area (Å²) >= 11 is 0. The van der Waals surface area contributed by atoms with Crippen molar-refractivity contribution in [3.05, 3.63) is 30.3 Å². The molecule has 32 heavy (non-hydrogen) atoms. The summed E-state index contributed by atoms with van der Waals surface area (Å²) in [5.41, 5.74) is 1.79. The van der Waals surface area contributed by atoms with Gasteiger partial charge in [-0.1, -0.05) is 0 Å². The number of benzene rings is 2. The van der Waals surface area contributed by atoms with Crippen molar-refractivity contribution in [2.45, 2.75) is 0 Å². The van der Waals surface area contributed by atoms with Gasteiger partial charge in [-0.25, -0.2) is 0 Å². The van der Waals surface area contributed by atoms with Crippen molar-refractivity contribution in [3.8, 4) is 51.3 Å². The minimum atomic E-state index is -5.30. The van der Waals surface area contributed by atoms with E-state index in [-0.39, 0.29) is 70.6 Å². The Labute approximate surface area is 228 Å². The molecule has 2 aromatic carbocycles. The molecule has 1 N–H and O–H groups in total. The topological polar surface area (TPSA) is 151 Å². The number of nitrogens with one attached hydrogen (secondary N) is 1. The molecule has 0 saturated carbocycles. The van der Waals surface area contributed by atoms with Gasteiger partial charge < -0.3 is 37.8 Å². The number of rotatable bonds is 8. The van der Waals surface area contributed by atoms with Crippen LogP contribution in [0.4, 0.5) is 0 Å². The van der Waals surface area contributed by atoms with E-state index in [1.807, 2.05) is 0 Å². The Balaban J connectivity index is 0.00000256. The molecule has 0 aliphatic carbocycles. The second-order valence-corrected chi connectivity index (χ2v) is 6.92. The van der Waals surface area contributed by atoms with Crippen LogP contribution in [0.15, 0.2) is 30.3 Å². The third-order valence-corrected chi connectivity index (χ3v) is 4.55. The van der Waals surface area contributed by atoms with E-state index in [0.717, 1.165) is 0 Å². The second kappa shape index (κ2) is 12.3. The average Bonchev–Trinajstić information content (AvgIpc) is 3.21. The van der Waals surface area contributed by atoms with Crippen molar-refractivity contribution in [2.24, 2.45) is 0 Å². The van der Waals surface area contributed by atoms with Gasteiger partial charge in [0, 0.05) is 11.1 Å². The zero-order valence-corrected chi connectivity index (χ0v) is 23.4. The molecular formula is C18H18N3Na2O8P. The largest absolute Gasteiger partial charge is 1.00 e. The Hall–Kier alpha value is -1.27. The maximum atomic E-state index is 11.1. The molecule has 0 aliphatic rings. The van der Waals surface area contributed by atoms with E-state index in [2.05, 4.69) is 19.9 Å². The maximum Gasteiger partial charge on any atom is 1.00 e. The quantitative estimate of drug-likeness (QED) is 0.246. The van der Waals surface area contributed by atoms with Crippen LogP contribution in [0.2, 0.25) is 0 Å². The molecule has 11 nitrogen and oxygen atoms in total. The Kier molecular flexibility index (Phi) is 11.0. The van der Waals surface area contributed by atoms with E-state index in [4.69, 9.17) is 18.9 Å². The number of nitrogens with zero attached hydrogens (tertiary/aromatic N) is 2. The Bertz CT molecular complexity index is 1080. The van der Waals surface area contributed by atoms with Crippen LogP contribution in [0.3, 0.4) is 0 Å². The first-order valence-corrected chi connectivity index (χ1v) is 9.88. The molecule has 1 heterocycles. The molecule has 3 aromatic rings.